The lowest BCUT2D eigenvalue weighted by Gasteiger charge is -2.24. The second-order valence-corrected chi connectivity index (χ2v) is 10.4. The van der Waals surface area contributed by atoms with Gasteiger partial charge in [0.25, 0.3) is 0 Å². The average Bonchev–Trinajstić information content (AvgIpc) is 3.59. The number of carbonyl (C=O) groups is 1. The van der Waals surface area contributed by atoms with Gasteiger partial charge < -0.3 is 19.7 Å². The highest BCUT2D eigenvalue weighted by Gasteiger charge is 2.34. The maximum Gasteiger partial charge on any atom is 0.459 e. The zero-order chi connectivity index (χ0) is 27.2. The van der Waals surface area contributed by atoms with Gasteiger partial charge in [0.1, 0.15) is 36.3 Å². The van der Waals surface area contributed by atoms with Gasteiger partial charge in [-0.25, -0.2) is 19.5 Å². The quantitative estimate of drug-likeness (QED) is 0.159. The maximum atomic E-state index is 13.8. The molecule has 0 spiro atoms. The van der Waals surface area contributed by atoms with E-state index < -0.39 is 32.1 Å². The number of nitrogens with two attached hydrogens (primary N) is 1. The molecule has 0 saturated heterocycles. The fraction of sp³-hybridized carbons (Fsp3) is 0.231. The summed E-state index contributed by atoms with van der Waals surface area (Å²) in [5.41, 5.74) is 7.68. The highest BCUT2D eigenvalue weighted by molar-refractivity contribution is 7.52. The van der Waals surface area contributed by atoms with Crippen LogP contribution in [0.4, 0.5) is 5.82 Å². The van der Waals surface area contributed by atoms with Gasteiger partial charge >= 0.3 is 13.7 Å². The standard InChI is InChI=1S/C26H27N6O6P/c1-18(26(33)35-14-19-8-4-2-5-9-19)31-39(34,38-20-10-6-3-7-11-20)36-15-21-12-13-22(37-21)32-17-30-23-24(27)28-16-29-25(23)32/h2-13,16-18,21-22H,14-15H2,1H3,(H,31,34)(H2,27,28,29)/t18?,21-,22+,39?/m0/s1. The Balaban J connectivity index is 1.23. The number of hydrogen-bond acceptors (Lipinski definition) is 10. The summed E-state index contributed by atoms with van der Waals surface area (Å²) in [4.78, 5) is 25.1. The zero-order valence-corrected chi connectivity index (χ0v) is 21.9. The minimum Gasteiger partial charge on any atom is -0.460 e. The first-order valence-corrected chi connectivity index (χ1v) is 13.7. The van der Waals surface area contributed by atoms with Gasteiger partial charge in [-0.2, -0.15) is 5.09 Å². The van der Waals surface area contributed by atoms with Crippen LogP contribution in [0.5, 0.6) is 5.75 Å². The number of fused-ring (bicyclic) bond motifs is 1. The predicted octanol–water partition coefficient (Wildman–Crippen LogP) is 3.79. The number of nitrogen functional groups attached to an aromatic ring is 1. The summed E-state index contributed by atoms with van der Waals surface area (Å²) in [5, 5.41) is 2.68. The molecule has 1 aliphatic heterocycles. The van der Waals surface area contributed by atoms with Crippen LogP contribution in [0.1, 0.15) is 18.7 Å². The van der Waals surface area contributed by atoms with Crippen LogP contribution in [0.25, 0.3) is 11.2 Å². The summed E-state index contributed by atoms with van der Waals surface area (Å²) in [6.45, 7) is 1.48. The van der Waals surface area contributed by atoms with E-state index in [0.29, 0.717) is 16.9 Å². The molecule has 2 unspecified atom stereocenters. The van der Waals surface area contributed by atoms with Gasteiger partial charge in [-0.15, -0.1) is 0 Å². The lowest BCUT2D eigenvalue weighted by atomic mass is 10.2. The molecule has 1 aliphatic rings. The molecule has 39 heavy (non-hydrogen) atoms. The van der Waals surface area contributed by atoms with Crippen molar-refractivity contribution in [2.45, 2.75) is 31.9 Å². The molecule has 3 N–H and O–H groups in total. The molecule has 202 valence electrons. The highest BCUT2D eigenvalue weighted by Crippen LogP contribution is 2.45. The second-order valence-electron chi connectivity index (χ2n) is 8.67. The number of imidazole rings is 1. The van der Waals surface area contributed by atoms with E-state index >= 15 is 0 Å². The van der Waals surface area contributed by atoms with E-state index in [4.69, 9.17) is 24.3 Å². The summed E-state index contributed by atoms with van der Waals surface area (Å²) in [5.74, 6) is -0.0344. The van der Waals surface area contributed by atoms with Crippen molar-refractivity contribution in [3.05, 3.63) is 91.0 Å². The van der Waals surface area contributed by atoms with E-state index in [1.54, 1.807) is 53.4 Å². The molecule has 12 nitrogen and oxygen atoms in total. The van der Waals surface area contributed by atoms with Crippen molar-refractivity contribution in [3.63, 3.8) is 0 Å². The molecule has 13 heteroatoms. The third-order valence-corrected chi connectivity index (χ3v) is 7.42. The average molecular weight is 551 g/mol. The molecule has 0 fully saturated rings. The molecule has 2 aromatic heterocycles. The van der Waals surface area contributed by atoms with Crippen molar-refractivity contribution in [3.8, 4) is 5.75 Å². The number of esters is 1. The third-order valence-electron chi connectivity index (χ3n) is 5.77. The largest absolute Gasteiger partial charge is 0.460 e. The Morgan fingerprint density at radius 1 is 1.10 bits per heavy atom. The molecule has 4 aromatic rings. The Labute approximate surface area is 224 Å². The van der Waals surface area contributed by atoms with Crippen LogP contribution in [0.2, 0.25) is 0 Å². The van der Waals surface area contributed by atoms with Crippen molar-refractivity contribution in [2.24, 2.45) is 0 Å². The molecule has 3 heterocycles. The van der Waals surface area contributed by atoms with Crippen molar-refractivity contribution in [1.29, 1.82) is 0 Å². The number of ether oxygens (including phenoxy) is 2. The highest BCUT2D eigenvalue weighted by atomic mass is 31.2. The Bertz CT molecular complexity index is 1500. The van der Waals surface area contributed by atoms with Crippen molar-refractivity contribution >= 4 is 30.7 Å². The molecule has 0 radical (unpaired) electrons. The summed E-state index contributed by atoms with van der Waals surface area (Å²) in [7, 11) is -4.05. The van der Waals surface area contributed by atoms with Crippen molar-refractivity contribution in [1.82, 2.24) is 24.6 Å². The normalized spacial score (nSPS) is 19.0. The third kappa shape index (κ3) is 6.50. The number of benzene rings is 2. The monoisotopic (exact) mass is 550 g/mol. The van der Waals surface area contributed by atoms with E-state index in [1.807, 2.05) is 30.3 Å². The molecule has 0 aliphatic carbocycles. The number of hydrogen-bond donors (Lipinski definition) is 2. The first kappa shape index (κ1) is 26.5. The molecule has 5 rings (SSSR count). The number of carbonyl (C=O) groups excluding carboxylic acids is 1. The maximum absolute atomic E-state index is 13.8. The fourth-order valence-corrected chi connectivity index (χ4v) is 5.33. The van der Waals surface area contributed by atoms with Crippen LogP contribution >= 0.6 is 7.75 Å². The summed E-state index contributed by atoms with van der Waals surface area (Å²) in [6.07, 6.45) is 5.37. The lowest BCUT2D eigenvalue weighted by molar-refractivity contribution is -0.146. The van der Waals surface area contributed by atoms with Crippen LogP contribution in [0.3, 0.4) is 0 Å². The summed E-state index contributed by atoms with van der Waals surface area (Å²) in [6, 6.07) is 16.8. The minimum absolute atomic E-state index is 0.0813. The number of aromatic nitrogens is 4. The number of nitrogens with zero attached hydrogens (tertiary/aromatic N) is 4. The van der Waals surface area contributed by atoms with Crippen molar-refractivity contribution < 1.29 is 27.9 Å². The molecular weight excluding hydrogens is 523 g/mol. The smallest absolute Gasteiger partial charge is 0.459 e. The first-order chi connectivity index (χ1) is 18.9. The molecule has 0 amide bonds. The van der Waals surface area contributed by atoms with Gasteiger partial charge in [0.15, 0.2) is 17.7 Å². The number of rotatable bonds is 11. The number of anilines is 1. The van der Waals surface area contributed by atoms with Crippen LogP contribution in [-0.2, 0) is 30.0 Å². The molecule has 4 atom stereocenters. The lowest BCUT2D eigenvalue weighted by Crippen LogP contribution is -2.35. The van der Waals surface area contributed by atoms with Crippen LogP contribution in [-0.4, -0.2) is 44.2 Å². The minimum atomic E-state index is -4.05. The SMILES string of the molecule is CC(NP(=O)(OC[C@@H]1C=C[C@H](n2cnc3c(N)ncnc32)O1)Oc1ccccc1)C(=O)OCc1ccccc1. The Morgan fingerprint density at radius 3 is 2.62 bits per heavy atom. The fourth-order valence-electron chi connectivity index (χ4n) is 3.82. The van der Waals surface area contributed by atoms with Gasteiger partial charge in [0.2, 0.25) is 0 Å². The second kappa shape index (κ2) is 11.7. The van der Waals surface area contributed by atoms with Gasteiger partial charge in [-0.1, -0.05) is 54.6 Å². The van der Waals surface area contributed by atoms with E-state index in [2.05, 4.69) is 20.0 Å². The van der Waals surface area contributed by atoms with Gasteiger partial charge in [0, 0.05) is 0 Å². The van der Waals surface area contributed by atoms with E-state index in [9.17, 15) is 9.36 Å². The van der Waals surface area contributed by atoms with Crippen molar-refractivity contribution in [2.75, 3.05) is 12.3 Å². The Morgan fingerprint density at radius 2 is 1.85 bits per heavy atom. The number of nitrogens with one attached hydrogen (secondary N) is 1. The number of para-hydroxylation sites is 1. The Kier molecular flexibility index (Phi) is 7.99. The molecule has 0 bridgehead atoms. The predicted molar refractivity (Wildman–Crippen MR) is 142 cm³/mol. The summed E-state index contributed by atoms with van der Waals surface area (Å²) < 4.78 is 38.3. The van der Waals surface area contributed by atoms with E-state index in [1.165, 1.54) is 13.3 Å². The molecule has 0 saturated carbocycles. The topological polar surface area (TPSA) is 153 Å². The summed E-state index contributed by atoms with van der Waals surface area (Å²) >= 11 is 0. The van der Waals surface area contributed by atoms with Crippen LogP contribution < -0.4 is 15.3 Å². The van der Waals surface area contributed by atoms with Gasteiger partial charge in [-0.3, -0.25) is 13.9 Å². The van der Waals surface area contributed by atoms with Gasteiger partial charge in [0.05, 0.1) is 12.9 Å². The molecule has 2 aromatic carbocycles. The molecular formula is C26H27N6O6P. The van der Waals surface area contributed by atoms with E-state index in [0.717, 1.165) is 5.56 Å². The zero-order valence-electron chi connectivity index (χ0n) is 21.0. The first-order valence-electron chi connectivity index (χ1n) is 12.1. The van der Waals surface area contributed by atoms with E-state index in [-0.39, 0.29) is 19.0 Å². The van der Waals surface area contributed by atoms with Crippen LogP contribution in [0.15, 0.2) is 85.5 Å². The Hall–Kier alpha value is -4.09. The van der Waals surface area contributed by atoms with Gasteiger partial charge in [-0.05, 0) is 30.7 Å². The van der Waals surface area contributed by atoms with Crippen LogP contribution in [0, 0.1) is 0 Å².